The lowest BCUT2D eigenvalue weighted by Crippen LogP contribution is -2.44. The van der Waals surface area contributed by atoms with Crippen LogP contribution in [0.5, 0.6) is 0 Å². The zero-order chi connectivity index (χ0) is 26.1. The van der Waals surface area contributed by atoms with E-state index in [9.17, 15) is 14.4 Å². The highest BCUT2D eigenvalue weighted by molar-refractivity contribution is 6.07. The summed E-state index contributed by atoms with van der Waals surface area (Å²) in [4.78, 5) is 49.9. The predicted molar refractivity (Wildman–Crippen MR) is 139 cm³/mol. The highest BCUT2D eigenvalue weighted by Crippen LogP contribution is 2.59. The van der Waals surface area contributed by atoms with Gasteiger partial charge in [0, 0.05) is 42.7 Å². The highest BCUT2D eigenvalue weighted by atomic mass is 16.2. The molecule has 192 valence electrons. The minimum absolute atomic E-state index is 0.0105. The van der Waals surface area contributed by atoms with E-state index in [1.165, 1.54) is 19.8 Å². The molecule has 0 bridgehead atoms. The molecule has 0 spiro atoms. The Morgan fingerprint density at radius 1 is 1.05 bits per heavy atom. The van der Waals surface area contributed by atoms with Crippen molar-refractivity contribution in [3.63, 3.8) is 0 Å². The van der Waals surface area contributed by atoms with Gasteiger partial charge < -0.3 is 4.90 Å². The molecule has 3 aliphatic rings. The van der Waals surface area contributed by atoms with Crippen molar-refractivity contribution in [2.45, 2.75) is 84.8 Å². The van der Waals surface area contributed by atoms with Crippen LogP contribution in [-0.4, -0.2) is 54.2 Å². The van der Waals surface area contributed by atoms with E-state index in [0.717, 1.165) is 41.5 Å². The number of hydrogen-bond acceptors (Lipinski definition) is 6. The minimum atomic E-state index is -0.335. The molecular weight excluding hydrogens is 466 g/mol. The number of rotatable bonds is 8. The van der Waals surface area contributed by atoms with Gasteiger partial charge in [0.15, 0.2) is 11.6 Å². The number of nitrogens with zero attached hydrogens (tertiary/aromatic N) is 5. The highest BCUT2D eigenvalue weighted by Gasteiger charge is 2.64. The van der Waals surface area contributed by atoms with Crippen molar-refractivity contribution < 1.29 is 14.4 Å². The van der Waals surface area contributed by atoms with Crippen LogP contribution in [0.4, 0.5) is 0 Å². The number of Topliss-reactive ketones (excluding diaryl/α,β-unsaturated/α-hetero) is 2. The molecule has 1 aromatic carbocycles. The van der Waals surface area contributed by atoms with E-state index in [0.29, 0.717) is 29.2 Å². The molecule has 0 N–H and O–H groups in total. The summed E-state index contributed by atoms with van der Waals surface area (Å²) in [5, 5.41) is 5.32. The Balaban J connectivity index is 1.32. The molecule has 3 heterocycles. The molecule has 3 fully saturated rings. The lowest BCUT2D eigenvalue weighted by Gasteiger charge is -2.27. The van der Waals surface area contributed by atoms with Crippen LogP contribution in [0.3, 0.4) is 0 Å². The van der Waals surface area contributed by atoms with Crippen LogP contribution < -0.4 is 0 Å². The number of carbonyl (C=O) groups excluding carboxylic acids is 3. The maximum atomic E-state index is 13.7. The molecule has 37 heavy (non-hydrogen) atoms. The van der Waals surface area contributed by atoms with E-state index >= 15 is 0 Å². The van der Waals surface area contributed by atoms with Crippen molar-refractivity contribution >= 4 is 28.4 Å². The molecule has 8 heteroatoms. The Labute approximate surface area is 216 Å². The standard InChI is InChI=1S/C29H33N5O3/c1-16-9-20(21-13-30-18(3)31-14-21)10-22-27(17(2)35)32-33(28(16)22)15-26(37)34-23(11-29(4)12-25(29)34)24(36)8-7-19-5-6-19/h9-10,13-14,19,23,25H,5-8,11-12,15H2,1-4H3/t23-,25+,29-/m0/s1. The van der Waals surface area contributed by atoms with Crippen LogP contribution in [0.1, 0.15) is 74.2 Å². The van der Waals surface area contributed by atoms with Gasteiger partial charge in [-0.05, 0) is 67.7 Å². The van der Waals surface area contributed by atoms with Gasteiger partial charge in [-0.1, -0.05) is 19.8 Å². The predicted octanol–water partition coefficient (Wildman–Crippen LogP) is 4.45. The lowest BCUT2D eigenvalue weighted by molar-refractivity contribution is -0.139. The van der Waals surface area contributed by atoms with Gasteiger partial charge in [-0.25, -0.2) is 9.97 Å². The van der Waals surface area contributed by atoms with E-state index in [2.05, 4.69) is 22.0 Å². The van der Waals surface area contributed by atoms with E-state index in [-0.39, 0.29) is 41.5 Å². The Morgan fingerprint density at radius 3 is 2.46 bits per heavy atom. The summed E-state index contributed by atoms with van der Waals surface area (Å²) < 4.78 is 1.66. The number of amides is 1. The van der Waals surface area contributed by atoms with Gasteiger partial charge in [-0.3, -0.25) is 19.1 Å². The second-order valence-corrected chi connectivity index (χ2v) is 11.6. The average Bonchev–Trinajstić information content (AvgIpc) is 3.74. The van der Waals surface area contributed by atoms with E-state index in [1.807, 2.05) is 30.9 Å². The first-order valence-electron chi connectivity index (χ1n) is 13.3. The molecule has 1 amide bonds. The van der Waals surface area contributed by atoms with Crippen LogP contribution in [0.15, 0.2) is 24.5 Å². The van der Waals surface area contributed by atoms with Crippen molar-refractivity contribution in [3.05, 3.63) is 41.6 Å². The molecule has 3 atom stereocenters. The number of carbonyl (C=O) groups is 3. The summed E-state index contributed by atoms with van der Waals surface area (Å²) in [5.74, 6) is 1.34. The topological polar surface area (TPSA) is 98.1 Å². The molecule has 8 nitrogen and oxygen atoms in total. The van der Waals surface area contributed by atoms with Crippen LogP contribution in [0.25, 0.3) is 22.0 Å². The smallest absolute Gasteiger partial charge is 0.245 e. The quantitative estimate of drug-likeness (QED) is 0.425. The Kier molecular flexibility index (Phi) is 5.55. The first-order chi connectivity index (χ1) is 17.6. The average molecular weight is 500 g/mol. The molecule has 3 aromatic rings. The van der Waals surface area contributed by atoms with Gasteiger partial charge in [-0.2, -0.15) is 5.10 Å². The van der Waals surface area contributed by atoms with Gasteiger partial charge in [-0.15, -0.1) is 0 Å². The van der Waals surface area contributed by atoms with Crippen molar-refractivity contribution in [1.29, 1.82) is 0 Å². The zero-order valence-corrected chi connectivity index (χ0v) is 22.0. The summed E-state index contributed by atoms with van der Waals surface area (Å²) in [6.45, 7) is 7.49. The number of hydrogen-bond donors (Lipinski definition) is 0. The largest absolute Gasteiger partial charge is 0.327 e. The van der Waals surface area contributed by atoms with E-state index in [1.54, 1.807) is 17.1 Å². The van der Waals surface area contributed by atoms with E-state index < -0.39 is 0 Å². The number of benzene rings is 1. The molecule has 1 aliphatic heterocycles. The van der Waals surface area contributed by atoms with Crippen LogP contribution in [0.2, 0.25) is 0 Å². The summed E-state index contributed by atoms with van der Waals surface area (Å²) >= 11 is 0. The molecular formula is C29H33N5O3. The van der Waals surface area contributed by atoms with Crippen LogP contribution >= 0.6 is 0 Å². The SMILES string of the molecule is CC(=O)c1nn(CC(=O)N2[C@H](C(=O)CCC3CC3)C[C@@]3(C)C[C@@H]23)c2c(C)cc(-c3cnc(C)nc3)cc12. The monoisotopic (exact) mass is 499 g/mol. The minimum Gasteiger partial charge on any atom is -0.327 e. The molecule has 0 unspecified atom stereocenters. The normalized spacial score (nSPS) is 24.4. The fourth-order valence-electron chi connectivity index (χ4n) is 6.15. The lowest BCUT2D eigenvalue weighted by atomic mass is 9.96. The third-order valence-electron chi connectivity index (χ3n) is 8.56. The number of aromatic nitrogens is 4. The number of ketones is 2. The van der Waals surface area contributed by atoms with Crippen molar-refractivity contribution in [1.82, 2.24) is 24.6 Å². The van der Waals surface area contributed by atoms with E-state index in [4.69, 9.17) is 0 Å². The number of aryl methyl sites for hydroxylation is 2. The summed E-state index contributed by atoms with van der Waals surface area (Å²) in [5.41, 5.74) is 3.82. The molecule has 6 rings (SSSR count). The number of fused-ring (bicyclic) bond motifs is 2. The van der Waals surface area contributed by atoms with Crippen LogP contribution in [0, 0.1) is 25.2 Å². The van der Waals surface area contributed by atoms with Gasteiger partial charge in [0.1, 0.15) is 18.1 Å². The molecule has 2 aliphatic carbocycles. The van der Waals surface area contributed by atoms with Crippen LogP contribution in [-0.2, 0) is 16.1 Å². The fourth-order valence-corrected chi connectivity index (χ4v) is 6.15. The summed E-state index contributed by atoms with van der Waals surface area (Å²) in [7, 11) is 0. The molecule has 2 saturated carbocycles. The first kappa shape index (κ1) is 23.9. The second kappa shape index (κ2) is 8.57. The number of likely N-dealkylation sites (tertiary alicyclic amines) is 1. The zero-order valence-electron chi connectivity index (χ0n) is 22.0. The fraction of sp³-hybridized carbons (Fsp3) is 0.517. The molecule has 1 saturated heterocycles. The first-order valence-corrected chi connectivity index (χ1v) is 13.3. The Hall–Kier alpha value is -3.42. The van der Waals surface area contributed by atoms with Gasteiger partial charge in [0.25, 0.3) is 0 Å². The summed E-state index contributed by atoms with van der Waals surface area (Å²) in [6, 6.07) is 3.73. The third kappa shape index (κ3) is 4.26. The summed E-state index contributed by atoms with van der Waals surface area (Å²) in [6.07, 6.45) is 9.20. The molecule has 2 aromatic heterocycles. The Morgan fingerprint density at radius 2 is 1.78 bits per heavy atom. The van der Waals surface area contributed by atoms with Crippen molar-refractivity contribution in [3.8, 4) is 11.1 Å². The Bertz CT molecular complexity index is 1440. The van der Waals surface area contributed by atoms with Crippen molar-refractivity contribution in [2.24, 2.45) is 11.3 Å². The van der Waals surface area contributed by atoms with Gasteiger partial charge >= 0.3 is 0 Å². The maximum absolute atomic E-state index is 13.7. The van der Waals surface area contributed by atoms with Gasteiger partial charge in [0.2, 0.25) is 5.91 Å². The van der Waals surface area contributed by atoms with Crippen molar-refractivity contribution in [2.75, 3.05) is 0 Å². The van der Waals surface area contributed by atoms with Gasteiger partial charge in [0.05, 0.1) is 11.6 Å². The third-order valence-corrected chi connectivity index (χ3v) is 8.56. The second-order valence-electron chi connectivity index (χ2n) is 11.6. The number of piperidine rings is 1. The maximum Gasteiger partial charge on any atom is 0.245 e. The molecule has 0 radical (unpaired) electrons.